The molecule has 1 fully saturated rings. The number of hydrogen-bond donors (Lipinski definition) is 0. The maximum absolute atomic E-state index is 2.65. The van der Waals surface area contributed by atoms with E-state index in [1.165, 1.54) is 70.7 Å². The first-order chi connectivity index (χ1) is 15.3. The van der Waals surface area contributed by atoms with Gasteiger partial charge in [0.05, 0.1) is 0 Å². The van der Waals surface area contributed by atoms with Gasteiger partial charge in [0.15, 0.2) is 0 Å². The third-order valence-electron chi connectivity index (χ3n) is 6.86. The van der Waals surface area contributed by atoms with Gasteiger partial charge >= 0.3 is 0 Å². The van der Waals surface area contributed by atoms with E-state index in [1.807, 2.05) is 0 Å². The molecule has 1 aliphatic heterocycles. The number of nitrogens with zero attached hydrogens (tertiary/aromatic N) is 2. The number of piperidine rings is 1. The maximum atomic E-state index is 2.65. The molecule has 0 atom stereocenters. The summed E-state index contributed by atoms with van der Waals surface area (Å²) >= 11 is 0. The molecular weight excluding hydrogens is 376 g/mol. The van der Waals surface area contributed by atoms with Gasteiger partial charge in [-0.15, -0.1) is 0 Å². The third kappa shape index (κ3) is 4.45. The Hall–Kier alpha value is -2.84. The largest absolute Gasteiger partial charge is 0.366 e. The SMILES string of the molecule is Cc1ccc2ccccc2c1CN(CCN1CCCCC1)c1ccc2ccccc2c1. The molecule has 2 nitrogen and oxygen atoms in total. The van der Waals surface area contributed by atoms with E-state index in [2.05, 4.69) is 95.6 Å². The third-order valence-corrected chi connectivity index (χ3v) is 6.86. The van der Waals surface area contributed by atoms with Gasteiger partial charge < -0.3 is 9.80 Å². The van der Waals surface area contributed by atoms with Gasteiger partial charge in [-0.25, -0.2) is 0 Å². The lowest BCUT2D eigenvalue weighted by Crippen LogP contribution is -2.37. The fourth-order valence-corrected chi connectivity index (χ4v) is 4.96. The summed E-state index contributed by atoms with van der Waals surface area (Å²) < 4.78 is 0. The number of rotatable bonds is 6. The van der Waals surface area contributed by atoms with Crippen molar-refractivity contribution in [2.75, 3.05) is 31.1 Å². The predicted molar refractivity (Wildman–Crippen MR) is 134 cm³/mol. The second-order valence-corrected chi connectivity index (χ2v) is 8.94. The first-order valence-corrected chi connectivity index (χ1v) is 11.7. The molecule has 0 radical (unpaired) electrons. The molecule has 1 aliphatic rings. The van der Waals surface area contributed by atoms with E-state index in [0.717, 1.165) is 19.6 Å². The molecular formula is C29H32N2. The number of hydrogen-bond acceptors (Lipinski definition) is 2. The van der Waals surface area contributed by atoms with E-state index in [4.69, 9.17) is 0 Å². The molecule has 31 heavy (non-hydrogen) atoms. The van der Waals surface area contributed by atoms with Crippen LogP contribution in [0.2, 0.25) is 0 Å². The van der Waals surface area contributed by atoms with Crippen molar-refractivity contribution in [2.45, 2.75) is 32.7 Å². The van der Waals surface area contributed by atoms with Gasteiger partial charge in [-0.2, -0.15) is 0 Å². The molecule has 4 aromatic carbocycles. The number of benzene rings is 4. The Morgan fingerprint density at radius 3 is 2.29 bits per heavy atom. The van der Waals surface area contributed by atoms with Gasteiger partial charge in [0.2, 0.25) is 0 Å². The highest BCUT2D eigenvalue weighted by Gasteiger charge is 2.15. The summed E-state index contributed by atoms with van der Waals surface area (Å²) in [5.74, 6) is 0. The monoisotopic (exact) mass is 408 g/mol. The minimum atomic E-state index is 0.944. The molecule has 0 aliphatic carbocycles. The van der Waals surface area contributed by atoms with Gasteiger partial charge in [-0.05, 0) is 77.7 Å². The van der Waals surface area contributed by atoms with E-state index >= 15 is 0 Å². The van der Waals surface area contributed by atoms with Crippen LogP contribution in [-0.2, 0) is 6.54 Å². The summed E-state index contributed by atoms with van der Waals surface area (Å²) in [6.45, 7) is 7.89. The average molecular weight is 409 g/mol. The molecule has 158 valence electrons. The molecule has 4 aromatic rings. The van der Waals surface area contributed by atoms with Gasteiger partial charge in [0.1, 0.15) is 0 Å². The van der Waals surface area contributed by atoms with Crippen molar-refractivity contribution in [2.24, 2.45) is 0 Å². The van der Waals surface area contributed by atoms with Crippen LogP contribution in [0.25, 0.3) is 21.5 Å². The summed E-state index contributed by atoms with van der Waals surface area (Å²) in [4.78, 5) is 5.24. The summed E-state index contributed by atoms with van der Waals surface area (Å²) in [6, 6.07) is 29.0. The van der Waals surface area contributed by atoms with Crippen LogP contribution in [0.5, 0.6) is 0 Å². The van der Waals surface area contributed by atoms with E-state index in [-0.39, 0.29) is 0 Å². The molecule has 0 saturated carbocycles. The van der Waals surface area contributed by atoms with Crippen molar-refractivity contribution in [1.82, 2.24) is 4.90 Å². The normalized spacial score (nSPS) is 14.9. The van der Waals surface area contributed by atoms with Crippen molar-refractivity contribution in [3.8, 4) is 0 Å². The van der Waals surface area contributed by atoms with Crippen molar-refractivity contribution in [3.63, 3.8) is 0 Å². The van der Waals surface area contributed by atoms with Crippen LogP contribution in [0.1, 0.15) is 30.4 Å². The topological polar surface area (TPSA) is 6.48 Å². The van der Waals surface area contributed by atoms with E-state index in [0.29, 0.717) is 0 Å². The Morgan fingerprint density at radius 2 is 1.45 bits per heavy atom. The summed E-state index contributed by atoms with van der Waals surface area (Å²) in [5.41, 5.74) is 4.15. The molecule has 0 bridgehead atoms. The number of aryl methyl sites for hydroxylation is 1. The minimum absolute atomic E-state index is 0.944. The molecule has 0 aromatic heterocycles. The maximum Gasteiger partial charge on any atom is 0.0438 e. The standard InChI is InChI=1S/C29H32N2/c1-23-13-14-25-10-5-6-12-28(25)29(23)22-31(20-19-30-17-7-2-8-18-30)27-16-15-24-9-3-4-11-26(24)21-27/h3-6,9-16,21H,2,7-8,17-20,22H2,1H3. The molecule has 0 unspecified atom stereocenters. The Balaban J connectivity index is 1.49. The first-order valence-electron chi connectivity index (χ1n) is 11.7. The zero-order chi connectivity index (χ0) is 21.0. The van der Waals surface area contributed by atoms with E-state index < -0.39 is 0 Å². The van der Waals surface area contributed by atoms with Crippen LogP contribution >= 0.6 is 0 Å². The predicted octanol–water partition coefficient (Wildman–Crippen LogP) is 6.79. The highest BCUT2D eigenvalue weighted by Crippen LogP contribution is 2.28. The lowest BCUT2D eigenvalue weighted by atomic mass is 9.99. The van der Waals surface area contributed by atoms with E-state index in [9.17, 15) is 0 Å². The van der Waals surface area contributed by atoms with E-state index in [1.54, 1.807) is 0 Å². The zero-order valence-electron chi connectivity index (χ0n) is 18.6. The fraction of sp³-hybridized carbons (Fsp3) is 0.310. The number of fused-ring (bicyclic) bond motifs is 2. The number of anilines is 1. The van der Waals surface area contributed by atoms with Crippen LogP contribution in [0.15, 0.2) is 78.9 Å². The Morgan fingerprint density at radius 1 is 0.742 bits per heavy atom. The zero-order valence-corrected chi connectivity index (χ0v) is 18.6. The smallest absolute Gasteiger partial charge is 0.0438 e. The molecule has 5 rings (SSSR count). The lowest BCUT2D eigenvalue weighted by molar-refractivity contribution is 0.233. The van der Waals surface area contributed by atoms with Crippen molar-refractivity contribution in [1.29, 1.82) is 0 Å². The fourth-order valence-electron chi connectivity index (χ4n) is 4.96. The first kappa shape index (κ1) is 20.1. The second kappa shape index (κ2) is 9.11. The molecule has 1 heterocycles. The van der Waals surface area contributed by atoms with Crippen molar-refractivity contribution in [3.05, 3.63) is 90.0 Å². The summed E-state index contributed by atoms with van der Waals surface area (Å²) in [5, 5.41) is 5.34. The van der Waals surface area contributed by atoms with Gasteiger partial charge in [-0.3, -0.25) is 0 Å². The highest BCUT2D eigenvalue weighted by molar-refractivity contribution is 5.88. The van der Waals surface area contributed by atoms with Crippen LogP contribution < -0.4 is 4.90 Å². The molecule has 0 amide bonds. The highest BCUT2D eigenvalue weighted by atomic mass is 15.2. The van der Waals surface area contributed by atoms with Gasteiger partial charge in [0.25, 0.3) is 0 Å². The summed E-state index contributed by atoms with van der Waals surface area (Å²) in [7, 11) is 0. The molecule has 0 N–H and O–H groups in total. The van der Waals surface area contributed by atoms with Crippen LogP contribution in [-0.4, -0.2) is 31.1 Å². The average Bonchev–Trinajstić information content (AvgIpc) is 2.83. The summed E-state index contributed by atoms with van der Waals surface area (Å²) in [6.07, 6.45) is 4.08. The number of likely N-dealkylation sites (tertiary alicyclic amines) is 1. The van der Waals surface area contributed by atoms with Crippen molar-refractivity contribution < 1.29 is 0 Å². The van der Waals surface area contributed by atoms with Crippen LogP contribution in [0.4, 0.5) is 5.69 Å². The quantitative estimate of drug-likeness (QED) is 0.346. The molecule has 1 saturated heterocycles. The Bertz CT molecular complexity index is 1170. The Kier molecular flexibility index (Phi) is 5.90. The van der Waals surface area contributed by atoms with Crippen molar-refractivity contribution >= 4 is 27.2 Å². The second-order valence-electron chi connectivity index (χ2n) is 8.94. The van der Waals surface area contributed by atoms with Gasteiger partial charge in [-0.1, -0.05) is 73.2 Å². The Labute approximate surface area is 186 Å². The molecule has 0 spiro atoms. The van der Waals surface area contributed by atoms with Crippen LogP contribution in [0.3, 0.4) is 0 Å². The lowest BCUT2D eigenvalue weighted by Gasteiger charge is -2.32. The van der Waals surface area contributed by atoms with Gasteiger partial charge in [0, 0.05) is 25.3 Å². The minimum Gasteiger partial charge on any atom is -0.366 e. The molecule has 2 heteroatoms. The van der Waals surface area contributed by atoms with Crippen LogP contribution in [0, 0.1) is 6.92 Å².